The Labute approximate surface area is 173 Å². The third-order valence-corrected chi connectivity index (χ3v) is 6.78. The summed E-state index contributed by atoms with van der Waals surface area (Å²) in [4.78, 5) is 4.85. The van der Waals surface area contributed by atoms with Gasteiger partial charge in [0, 0.05) is 17.1 Å². The summed E-state index contributed by atoms with van der Waals surface area (Å²) in [6.45, 7) is 6.66. The van der Waals surface area contributed by atoms with Crippen LogP contribution < -0.4 is 0 Å². The minimum atomic E-state index is 0.733. The van der Waals surface area contributed by atoms with Crippen LogP contribution in [0.5, 0.6) is 0 Å². The number of nitrogens with zero attached hydrogens (tertiary/aromatic N) is 1. The van der Waals surface area contributed by atoms with E-state index < -0.39 is 0 Å². The largest absolute Gasteiger partial charge is 0.256 e. The van der Waals surface area contributed by atoms with Gasteiger partial charge in [0.1, 0.15) is 0 Å². The Morgan fingerprint density at radius 2 is 1.48 bits per heavy atom. The van der Waals surface area contributed by atoms with Gasteiger partial charge in [-0.1, -0.05) is 60.7 Å². The molecule has 0 spiro atoms. The molecule has 1 aliphatic rings. The van der Waals surface area contributed by atoms with Crippen LogP contribution >= 0.6 is 0 Å². The molecule has 1 fully saturated rings. The standard InChI is InChI=1S/C28H29N/c1-18-15-19(2)17-23(16-18)28-27-22(13-14-29-28)9-10-25-20(3)24(11-12-26(25)27)21-7-5-4-6-8-21/h9-17,21H,4-8H2,1-3H3. The lowest BCUT2D eigenvalue weighted by Gasteiger charge is -2.24. The maximum Gasteiger partial charge on any atom is 0.0786 e. The van der Waals surface area contributed by atoms with E-state index >= 15 is 0 Å². The molecule has 1 nitrogen and oxygen atoms in total. The number of aromatic nitrogens is 1. The molecule has 1 aromatic heterocycles. The van der Waals surface area contributed by atoms with E-state index in [1.54, 1.807) is 5.56 Å². The predicted octanol–water partition coefficient (Wildman–Crippen LogP) is 8.03. The second-order valence-corrected chi connectivity index (χ2v) is 8.91. The molecule has 0 amide bonds. The van der Waals surface area contributed by atoms with Crippen molar-refractivity contribution in [2.24, 2.45) is 0 Å². The quantitative estimate of drug-likeness (QED) is 0.321. The monoisotopic (exact) mass is 379 g/mol. The highest BCUT2D eigenvalue weighted by Gasteiger charge is 2.19. The molecular formula is C28H29N. The van der Waals surface area contributed by atoms with E-state index in [0.717, 1.165) is 11.6 Å². The minimum Gasteiger partial charge on any atom is -0.256 e. The van der Waals surface area contributed by atoms with Crippen molar-refractivity contribution >= 4 is 21.5 Å². The number of aryl methyl sites for hydroxylation is 3. The molecule has 0 N–H and O–H groups in total. The summed E-state index contributed by atoms with van der Waals surface area (Å²) in [6, 6.07) is 18.3. The van der Waals surface area contributed by atoms with Crippen molar-refractivity contribution in [2.45, 2.75) is 58.8 Å². The van der Waals surface area contributed by atoms with Gasteiger partial charge in [0.2, 0.25) is 0 Å². The van der Waals surface area contributed by atoms with Crippen LogP contribution in [0.4, 0.5) is 0 Å². The van der Waals surface area contributed by atoms with E-state index in [0.29, 0.717) is 0 Å². The van der Waals surface area contributed by atoms with Crippen molar-refractivity contribution in [1.82, 2.24) is 4.98 Å². The average molecular weight is 380 g/mol. The molecule has 1 saturated carbocycles. The summed E-state index contributed by atoms with van der Waals surface area (Å²) in [5.41, 5.74) is 7.92. The van der Waals surface area contributed by atoms with Gasteiger partial charge in [0.15, 0.2) is 0 Å². The normalized spacial score (nSPS) is 15.3. The third kappa shape index (κ3) is 3.23. The molecule has 0 aliphatic heterocycles. The van der Waals surface area contributed by atoms with Crippen LogP contribution in [-0.4, -0.2) is 4.98 Å². The molecule has 3 aromatic carbocycles. The Kier molecular flexibility index (Phi) is 4.62. The van der Waals surface area contributed by atoms with Gasteiger partial charge in [0.25, 0.3) is 0 Å². The van der Waals surface area contributed by atoms with Crippen LogP contribution in [0.3, 0.4) is 0 Å². The van der Waals surface area contributed by atoms with Crippen molar-refractivity contribution in [3.05, 3.63) is 77.0 Å². The summed E-state index contributed by atoms with van der Waals surface area (Å²) in [7, 11) is 0. The van der Waals surface area contributed by atoms with E-state index in [1.165, 1.54) is 75.9 Å². The molecule has 1 heterocycles. The molecule has 0 saturated heterocycles. The van der Waals surface area contributed by atoms with Crippen LogP contribution in [0.1, 0.15) is 60.3 Å². The molecule has 0 unspecified atom stereocenters. The van der Waals surface area contributed by atoms with E-state index in [9.17, 15) is 0 Å². The van der Waals surface area contributed by atoms with Gasteiger partial charge in [-0.3, -0.25) is 4.98 Å². The first-order chi connectivity index (χ1) is 14.1. The van der Waals surface area contributed by atoms with Crippen molar-refractivity contribution in [3.8, 4) is 11.3 Å². The highest BCUT2D eigenvalue weighted by molar-refractivity contribution is 6.14. The van der Waals surface area contributed by atoms with Crippen LogP contribution in [-0.2, 0) is 0 Å². The average Bonchev–Trinajstić information content (AvgIpc) is 2.73. The summed E-state index contributed by atoms with van der Waals surface area (Å²) in [5.74, 6) is 0.733. The summed E-state index contributed by atoms with van der Waals surface area (Å²) in [6.07, 6.45) is 8.79. The number of fused-ring (bicyclic) bond motifs is 3. The first kappa shape index (κ1) is 18.4. The van der Waals surface area contributed by atoms with Crippen molar-refractivity contribution < 1.29 is 0 Å². The van der Waals surface area contributed by atoms with Crippen LogP contribution in [0.2, 0.25) is 0 Å². The molecule has 5 rings (SSSR count). The number of pyridine rings is 1. The Morgan fingerprint density at radius 3 is 2.24 bits per heavy atom. The Morgan fingerprint density at radius 1 is 0.759 bits per heavy atom. The molecule has 1 heteroatoms. The van der Waals surface area contributed by atoms with Gasteiger partial charge < -0.3 is 0 Å². The second kappa shape index (κ2) is 7.30. The number of rotatable bonds is 2. The van der Waals surface area contributed by atoms with Crippen LogP contribution in [0, 0.1) is 20.8 Å². The first-order valence-corrected chi connectivity index (χ1v) is 11.0. The van der Waals surface area contributed by atoms with Gasteiger partial charge in [-0.25, -0.2) is 0 Å². The molecule has 146 valence electrons. The highest BCUT2D eigenvalue weighted by Crippen LogP contribution is 2.40. The molecule has 0 bridgehead atoms. The van der Waals surface area contributed by atoms with Gasteiger partial charge in [-0.05, 0) is 85.0 Å². The first-order valence-electron chi connectivity index (χ1n) is 11.0. The Balaban J connectivity index is 1.77. The fourth-order valence-corrected chi connectivity index (χ4v) is 5.44. The fourth-order valence-electron chi connectivity index (χ4n) is 5.44. The highest BCUT2D eigenvalue weighted by atomic mass is 14.7. The summed E-state index contributed by atoms with van der Waals surface area (Å²) in [5, 5.41) is 5.28. The third-order valence-electron chi connectivity index (χ3n) is 6.78. The molecule has 29 heavy (non-hydrogen) atoms. The van der Waals surface area contributed by atoms with E-state index in [2.05, 4.69) is 69.3 Å². The van der Waals surface area contributed by atoms with E-state index in [4.69, 9.17) is 4.98 Å². The van der Waals surface area contributed by atoms with Crippen LogP contribution in [0.25, 0.3) is 32.8 Å². The lowest BCUT2D eigenvalue weighted by Crippen LogP contribution is -2.06. The fraction of sp³-hybridized carbons (Fsp3) is 0.321. The van der Waals surface area contributed by atoms with Crippen molar-refractivity contribution in [2.75, 3.05) is 0 Å². The molecule has 4 aromatic rings. The minimum absolute atomic E-state index is 0.733. The van der Waals surface area contributed by atoms with Crippen molar-refractivity contribution in [3.63, 3.8) is 0 Å². The van der Waals surface area contributed by atoms with Crippen LogP contribution in [0.15, 0.2) is 54.7 Å². The zero-order chi connectivity index (χ0) is 20.0. The topological polar surface area (TPSA) is 12.9 Å². The molecule has 1 aliphatic carbocycles. The second-order valence-electron chi connectivity index (χ2n) is 8.91. The van der Waals surface area contributed by atoms with Gasteiger partial charge in [-0.2, -0.15) is 0 Å². The zero-order valence-electron chi connectivity index (χ0n) is 17.8. The molecule has 0 radical (unpaired) electrons. The summed E-state index contributed by atoms with van der Waals surface area (Å²) >= 11 is 0. The lowest BCUT2D eigenvalue weighted by atomic mass is 9.81. The smallest absolute Gasteiger partial charge is 0.0786 e. The van der Waals surface area contributed by atoms with E-state index in [-0.39, 0.29) is 0 Å². The van der Waals surface area contributed by atoms with Gasteiger partial charge >= 0.3 is 0 Å². The lowest BCUT2D eigenvalue weighted by molar-refractivity contribution is 0.443. The zero-order valence-corrected chi connectivity index (χ0v) is 17.8. The molecular weight excluding hydrogens is 350 g/mol. The Hall–Kier alpha value is -2.67. The number of hydrogen-bond donors (Lipinski definition) is 0. The maximum atomic E-state index is 4.85. The predicted molar refractivity (Wildman–Crippen MR) is 125 cm³/mol. The maximum absolute atomic E-state index is 4.85. The Bertz CT molecular complexity index is 1190. The van der Waals surface area contributed by atoms with E-state index in [1.807, 2.05) is 6.20 Å². The number of hydrogen-bond acceptors (Lipinski definition) is 1. The van der Waals surface area contributed by atoms with Gasteiger partial charge in [-0.15, -0.1) is 0 Å². The summed E-state index contributed by atoms with van der Waals surface area (Å²) < 4.78 is 0. The van der Waals surface area contributed by atoms with Crippen molar-refractivity contribution in [1.29, 1.82) is 0 Å². The molecule has 0 atom stereocenters. The van der Waals surface area contributed by atoms with Gasteiger partial charge in [0.05, 0.1) is 5.69 Å². The number of benzene rings is 3. The SMILES string of the molecule is Cc1cc(C)cc(-c2nccc3ccc4c(C)c(C5CCCCC5)ccc4c23)c1.